The molecule has 0 unspecified atom stereocenters. The number of carbonyl (C=O) groups is 2. The van der Waals surface area contributed by atoms with Gasteiger partial charge in [-0.15, -0.1) is 0 Å². The molecule has 6 nitrogen and oxygen atoms in total. The van der Waals surface area contributed by atoms with E-state index in [1.54, 1.807) is 55.5 Å². The molecule has 0 aromatic heterocycles. The van der Waals surface area contributed by atoms with Gasteiger partial charge in [0, 0.05) is 30.7 Å². The molecule has 144 valence electrons. The van der Waals surface area contributed by atoms with Crippen LogP contribution in [-0.4, -0.2) is 39.1 Å². The van der Waals surface area contributed by atoms with E-state index in [4.69, 9.17) is 21.1 Å². The maximum absolute atomic E-state index is 12.2. The number of nitrogens with one attached hydrogen (secondary N) is 1. The van der Waals surface area contributed by atoms with E-state index in [0.717, 1.165) is 5.56 Å². The van der Waals surface area contributed by atoms with E-state index >= 15 is 0 Å². The third-order valence-corrected chi connectivity index (χ3v) is 4.21. The number of rotatable bonds is 8. The molecule has 2 rings (SSSR count). The van der Waals surface area contributed by atoms with Gasteiger partial charge in [-0.3, -0.25) is 9.59 Å². The molecule has 2 aromatic rings. The van der Waals surface area contributed by atoms with Crippen LogP contribution in [-0.2, 0) is 16.0 Å². The maximum Gasteiger partial charge on any atom is 0.224 e. The highest BCUT2D eigenvalue weighted by molar-refractivity contribution is 6.30. The van der Waals surface area contributed by atoms with Crippen LogP contribution in [0.15, 0.2) is 42.5 Å². The summed E-state index contributed by atoms with van der Waals surface area (Å²) in [6.07, 6.45) is 0.206. The number of amides is 2. The molecule has 0 heterocycles. The van der Waals surface area contributed by atoms with Crippen molar-refractivity contribution in [2.75, 3.05) is 32.2 Å². The molecule has 2 aromatic carbocycles. The largest absolute Gasteiger partial charge is 0.493 e. The second kappa shape index (κ2) is 9.83. The zero-order valence-corrected chi connectivity index (χ0v) is 16.4. The van der Waals surface area contributed by atoms with Crippen molar-refractivity contribution in [1.82, 2.24) is 5.32 Å². The van der Waals surface area contributed by atoms with Crippen LogP contribution in [0.25, 0.3) is 0 Å². The first-order valence-electron chi connectivity index (χ1n) is 8.46. The number of hydrogen-bond acceptors (Lipinski definition) is 4. The van der Waals surface area contributed by atoms with Crippen LogP contribution in [0.2, 0.25) is 5.02 Å². The van der Waals surface area contributed by atoms with Gasteiger partial charge in [0.25, 0.3) is 0 Å². The van der Waals surface area contributed by atoms with Crippen molar-refractivity contribution < 1.29 is 19.1 Å². The summed E-state index contributed by atoms with van der Waals surface area (Å²) in [6.45, 7) is 2.16. The molecule has 0 fully saturated rings. The van der Waals surface area contributed by atoms with Gasteiger partial charge in [0.2, 0.25) is 11.8 Å². The Kier molecular flexibility index (Phi) is 7.49. The third-order valence-electron chi connectivity index (χ3n) is 3.97. The summed E-state index contributed by atoms with van der Waals surface area (Å²) in [5.41, 5.74) is 1.51. The molecule has 0 aliphatic carbocycles. The van der Waals surface area contributed by atoms with E-state index in [2.05, 4.69) is 5.32 Å². The minimum Gasteiger partial charge on any atom is -0.493 e. The number of carbonyl (C=O) groups excluding carboxylic acids is 2. The molecule has 27 heavy (non-hydrogen) atoms. The van der Waals surface area contributed by atoms with Gasteiger partial charge in [-0.1, -0.05) is 23.7 Å². The molecule has 0 aliphatic heterocycles. The molecule has 0 saturated heterocycles. The van der Waals surface area contributed by atoms with Crippen LogP contribution in [0.4, 0.5) is 5.69 Å². The maximum atomic E-state index is 12.2. The first-order chi connectivity index (χ1) is 12.9. The van der Waals surface area contributed by atoms with Gasteiger partial charge in [0.15, 0.2) is 11.5 Å². The second-order valence-corrected chi connectivity index (χ2v) is 6.30. The molecule has 7 heteroatoms. The van der Waals surface area contributed by atoms with Crippen molar-refractivity contribution >= 4 is 29.1 Å². The van der Waals surface area contributed by atoms with E-state index in [0.29, 0.717) is 35.3 Å². The summed E-state index contributed by atoms with van der Waals surface area (Å²) in [6, 6.07) is 12.4. The highest BCUT2D eigenvalue weighted by Crippen LogP contribution is 2.27. The van der Waals surface area contributed by atoms with Crippen LogP contribution >= 0.6 is 11.6 Å². The summed E-state index contributed by atoms with van der Waals surface area (Å²) in [5.74, 6) is 0.926. The number of halogens is 1. The van der Waals surface area contributed by atoms with Crippen molar-refractivity contribution in [3.63, 3.8) is 0 Å². The molecule has 0 spiro atoms. The molecule has 1 N–H and O–H groups in total. The monoisotopic (exact) mass is 390 g/mol. The Morgan fingerprint density at radius 2 is 1.81 bits per heavy atom. The predicted octanol–water partition coefficient (Wildman–Crippen LogP) is 3.07. The number of hydrogen-bond donors (Lipinski definition) is 1. The number of ether oxygens (including phenoxy) is 2. The Hall–Kier alpha value is -2.73. The minimum atomic E-state index is -0.142. The van der Waals surface area contributed by atoms with Crippen LogP contribution in [0.3, 0.4) is 0 Å². The summed E-state index contributed by atoms with van der Waals surface area (Å²) < 4.78 is 10.4. The van der Waals surface area contributed by atoms with Crippen molar-refractivity contribution in [2.24, 2.45) is 0 Å². The average Bonchev–Trinajstić information content (AvgIpc) is 2.64. The Morgan fingerprint density at radius 3 is 2.44 bits per heavy atom. The van der Waals surface area contributed by atoms with E-state index in [1.807, 2.05) is 6.07 Å². The number of benzene rings is 2. The fourth-order valence-electron chi connectivity index (χ4n) is 2.66. The van der Waals surface area contributed by atoms with Crippen LogP contribution < -0.4 is 19.7 Å². The van der Waals surface area contributed by atoms with E-state index in [9.17, 15) is 9.59 Å². The van der Waals surface area contributed by atoms with E-state index in [1.165, 1.54) is 6.92 Å². The van der Waals surface area contributed by atoms with Crippen LogP contribution in [0.1, 0.15) is 12.5 Å². The molecule has 0 radical (unpaired) electrons. The Bertz CT molecular complexity index is 810. The Balaban J connectivity index is 1.92. The van der Waals surface area contributed by atoms with Gasteiger partial charge in [-0.2, -0.15) is 0 Å². The van der Waals surface area contributed by atoms with Crippen molar-refractivity contribution in [2.45, 2.75) is 13.3 Å². The lowest BCUT2D eigenvalue weighted by atomic mass is 10.1. The molecule has 2 amide bonds. The lowest BCUT2D eigenvalue weighted by Gasteiger charge is -2.21. The lowest BCUT2D eigenvalue weighted by Crippen LogP contribution is -2.38. The average molecular weight is 391 g/mol. The fraction of sp³-hybridized carbons (Fsp3) is 0.300. The quantitative estimate of drug-likeness (QED) is 0.752. The molecule has 0 atom stereocenters. The zero-order chi connectivity index (χ0) is 19.8. The first-order valence-corrected chi connectivity index (χ1v) is 8.83. The fourth-order valence-corrected chi connectivity index (χ4v) is 2.84. The van der Waals surface area contributed by atoms with Gasteiger partial charge in [-0.05, 0) is 35.9 Å². The molecule has 0 saturated carbocycles. The standard InChI is InChI=1S/C20H23ClN2O4/c1-14(24)23(17-6-4-5-16(21)13-17)10-9-22-20(25)12-15-7-8-18(26-2)19(11-15)27-3/h4-8,11,13H,9-10,12H2,1-3H3,(H,22,25). The highest BCUT2D eigenvalue weighted by atomic mass is 35.5. The molecular formula is C20H23ClN2O4. The van der Waals surface area contributed by atoms with Gasteiger partial charge in [0.1, 0.15) is 0 Å². The summed E-state index contributed by atoms with van der Waals surface area (Å²) in [4.78, 5) is 25.7. The van der Waals surface area contributed by atoms with Gasteiger partial charge < -0.3 is 19.7 Å². The minimum absolute atomic E-state index is 0.119. The third kappa shape index (κ3) is 5.89. The smallest absolute Gasteiger partial charge is 0.224 e. The summed E-state index contributed by atoms with van der Waals surface area (Å²) in [5, 5.41) is 3.38. The molecular weight excluding hydrogens is 368 g/mol. The van der Waals surface area contributed by atoms with Gasteiger partial charge in [-0.25, -0.2) is 0 Å². The van der Waals surface area contributed by atoms with Crippen LogP contribution in [0, 0.1) is 0 Å². The van der Waals surface area contributed by atoms with E-state index in [-0.39, 0.29) is 18.2 Å². The highest BCUT2D eigenvalue weighted by Gasteiger charge is 2.13. The van der Waals surface area contributed by atoms with Gasteiger partial charge in [0.05, 0.1) is 20.6 Å². The van der Waals surface area contributed by atoms with E-state index < -0.39 is 0 Å². The van der Waals surface area contributed by atoms with Crippen molar-refractivity contribution in [3.8, 4) is 11.5 Å². The predicted molar refractivity (Wildman–Crippen MR) is 106 cm³/mol. The normalized spacial score (nSPS) is 10.2. The lowest BCUT2D eigenvalue weighted by molar-refractivity contribution is -0.121. The van der Waals surface area contributed by atoms with Crippen LogP contribution in [0.5, 0.6) is 11.5 Å². The summed E-state index contributed by atoms with van der Waals surface area (Å²) in [7, 11) is 3.11. The zero-order valence-electron chi connectivity index (χ0n) is 15.6. The Morgan fingerprint density at radius 1 is 1.07 bits per heavy atom. The SMILES string of the molecule is COc1ccc(CC(=O)NCCN(C(C)=O)c2cccc(Cl)c2)cc1OC. The van der Waals surface area contributed by atoms with Crippen molar-refractivity contribution in [3.05, 3.63) is 53.1 Å². The number of anilines is 1. The number of nitrogens with zero attached hydrogens (tertiary/aromatic N) is 1. The van der Waals surface area contributed by atoms with Crippen molar-refractivity contribution in [1.29, 1.82) is 0 Å². The number of methoxy groups -OCH3 is 2. The molecule has 0 bridgehead atoms. The Labute approximate surface area is 164 Å². The molecule has 0 aliphatic rings. The van der Waals surface area contributed by atoms with Gasteiger partial charge >= 0.3 is 0 Å². The summed E-state index contributed by atoms with van der Waals surface area (Å²) >= 11 is 5.99. The topological polar surface area (TPSA) is 67.9 Å². The second-order valence-electron chi connectivity index (χ2n) is 5.87. The first kappa shape index (κ1) is 20.6.